The summed E-state index contributed by atoms with van der Waals surface area (Å²) >= 11 is 0. The van der Waals surface area contributed by atoms with Crippen LogP contribution < -0.4 is 0 Å². The summed E-state index contributed by atoms with van der Waals surface area (Å²) in [6.07, 6.45) is 25.7. The summed E-state index contributed by atoms with van der Waals surface area (Å²) in [4.78, 5) is 29.3. The van der Waals surface area contributed by atoms with Crippen LogP contribution in [0.3, 0.4) is 0 Å². The first-order valence-corrected chi connectivity index (χ1v) is 30.3. The predicted octanol–water partition coefficient (Wildman–Crippen LogP) is 16.7. The molecule has 388 valence electrons. The van der Waals surface area contributed by atoms with Crippen molar-refractivity contribution in [1.29, 1.82) is 0 Å². The zero-order valence-corrected chi connectivity index (χ0v) is 49.4. The Morgan fingerprint density at radius 2 is 0.422 bits per heavy atom. The summed E-state index contributed by atoms with van der Waals surface area (Å²) in [5.41, 5.74) is 0. The molecule has 64 heavy (non-hydrogen) atoms. The van der Waals surface area contributed by atoms with Crippen LogP contribution in [0.15, 0.2) is 0 Å². The van der Waals surface area contributed by atoms with Crippen LogP contribution in [-0.2, 0) is 40.8 Å². The van der Waals surface area contributed by atoms with Crippen molar-refractivity contribution in [3.63, 3.8) is 0 Å². The maximum absolute atomic E-state index is 11.9. The largest absolute Gasteiger partial charge is 0.472 e. The number of phosphoric acid groups is 3. The molecule has 0 aromatic carbocycles. The van der Waals surface area contributed by atoms with Gasteiger partial charge in [-0.3, -0.25) is 27.1 Å². The second kappa shape index (κ2) is 48.3. The first-order valence-electron chi connectivity index (χ1n) is 25.8. The number of rotatable bonds is 42. The molecule has 6 atom stereocenters. The Bertz CT molecular complexity index is 919. The fourth-order valence-electron chi connectivity index (χ4n) is 6.70. The van der Waals surface area contributed by atoms with Crippen LogP contribution in [0.25, 0.3) is 0 Å². The summed E-state index contributed by atoms with van der Waals surface area (Å²) in [6, 6.07) is 0. The number of unbranched alkanes of at least 4 members (excludes halogenated alkanes) is 6. The van der Waals surface area contributed by atoms with Gasteiger partial charge < -0.3 is 14.7 Å². The molecule has 0 saturated carbocycles. The van der Waals surface area contributed by atoms with Crippen LogP contribution >= 0.6 is 23.5 Å². The van der Waals surface area contributed by atoms with E-state index in [0.717, 1.165) is 154 Å². The summed E-state index contributed by atoms with van der Waals surface area (Å²) in [7, 11) is -11.7. The molecule has 0 bridgehead atoms. The molecule has 0 heterocycles. The maximum atomic E-state index is 11.9. The van der Waals surface area contributed by atoms with Gasteiger partial charge in [0, 0.05) is 40.8 Å². The van der Waals surface area contributed by atoms with E-state index in [1.165, 1.54) is 0 Å². The van der Waals surface area contributed by atoms with Gasteiger partial charge in [-0.15, -0.1) is 0 Å². The zero-order chi connectivity index (χ0) is 48.4. The predicted molar refractivity (Wildman–Crippen MR) is 265 cm³/mol. The molecule has 0 aromatic rings. The van der Waals surface area contributed by atoms with Crippen molar-refractivity contribution in [2.75, 3.05) is 39.6 Å². The molecule has 0 fully saturated rings. The van der Waals surface area contributed by atoms with Gasteiger partial charge in [0.1, 0.15) is 0 Å². The van der Waals surface area contributed by atoms with Gasteiger partial charge in [0.05, 0.1) is 39.6 Å². The topological polar surface area (TPSA) is 167 Å². The Kier molecular flexibility index (Phi) is 54.5. The first-order chi connectivity index (χ1) is 30.0. The van der Waals surface area contributed by atoms with Crippen molar-refractivity contribution in [2.45, 2.75) is 237 Å². The molecule has 0 saturated heterocycles. The Morgan fingerprint density at radius 3 is 0.516 bits per heavy atom. The molecule has 16 heteroatoms. The van der Waals surface area contributed by atoms with Gasteiger partial charge in [0.15, 0.2) is 0 Å². The Morgan fingerprint density at radius 1 is 0.297 bits per heavy atom. The third-order valence-electron chi connectivity index (χ3n) is 12.1. The maximum Gasteiger partial charge on any atom is 0.472 e. The van der Waals surface area contributed by atoms with Crippen molar-refractivity contribution >= 4 is 23.5 Å². The average molecular weight is 1110 g/mol. The minimum atomic E-state index is -3.89. The fourth-order valence-corrected chi connectivity index (χ4v) is 9.32. The van der Waals surface area contributed by atoms with Crippen LogP contribution in [0, 0.1) is 76.3 Å². The van der Waals surface area contributed by atoms with E-state index in [1.54, 1.807) is 0 Å². The van der Waals surface area contributed by atoms with Crippen LogP contribution in [0.5, 0.6) is 0 Å². The van der Waals surface area contributed by atoms with Crippen LogP contribution in [-0.4, -0.2) is 54.3 Å². The van der Waals surface area contributed by atoms with Crippen molar-refractivity contribution in [2.24, 2.45) is 35.5 Å². The summed E-state index contributed by atoms with van der Waals surface area (Å²) < 4.78 is 66.7. The molecule has 3 N–H and O–H groups in total. The summed E-state index contributed by atoms with van der Waals surface area (Å²) in [6.45, 7) is 27.3. The molecule has 0 rings (SSSR count). The van der Waals surface area contributed by atoms with E-state index < -0.39 is 23.5 Å². The van der Waals surface area contributed by atoms with Gasteiger partial charge >= 0.3 is 23.5 Å². The minimum absolute atomic E-state index is 0. The molecule has 0 aliphatic heterocycles. The molecule has 0 aliphatic carbocycles. The quantitative estimate of drug-likeness (QED) is 0.0496. The molecule has 6 unspecified atom stereocenters. The smallest absolute Gasteiger partial charge is 0.302 e. The second-order valence-corrected chi connectivity index (χ2v) is 22.0. The van der Waals surface area contributed by atoms with E-state index in [1.807, 2.05) is 0 Å². The van der Waals surface area contributed by atoms with Gasteiger partial charge in [0.2, 0.25) is 0 Å². The van der Waals surface area contributed by atoms with Gasteiger partial charge in [-0.2, -0.15) is 0 Å². The fraction of sp³-hybridized carbons (Fsp3) is 1.00. The van der Waals surface area contributed by atoms with E-state index in [2.05, 4.69) is 83.1 Å². The Hall–Kier alpha value is 1.68. The van der Waals surface area contributed by atoms with E-state index >= 15 is 0 Å². The Balaban J connectivity index is -0.000000419. The molecule has 12 nitrogen and oxygen atoms in total. The third-order valence-corrected chi connectivity index (χ3v) is 15.0. The van der Waals surface area contributed by atoms with Crippen molar-refractivity contribution in [1.82, 2.24) is 0 Å². The van der Waals surface area contributed by atoms with Gasteiger partial charge in [-0.25, -0.2) is 13.7 Å². The monoisotopic (exact) mass is 1110 g/mol. The van der Waals surface area contributed by atoms with Gasteiger partial charge in [0.25, 0.3) is 0 Å². The average Bonchev–Trinajstić information content (AvgIpc) is 3.27. The zero-order valence-electron chi connectivity index (χ0n) is 43.5. The molecule has 0 aromatic heterocycles. The SMILES string of the molecule is CCCCC(CC)COP(=O)(O)OCC(CC)CCCC.CCCCC(CC)COP(=O)(O)OCC(CC)CCCC.CCCCC(CC)COP(=O)(O)OCC(CC)CCCC.[Nd]. The van der Waals surface area contributed by atoms with E-state index in [-0.39, 0.29) is 40.8 Å². The number of hydrogen-bond donors (Lipinski definition) is 3. The second-order valence-electron chi connectivity index (χ2n) is 17.7. The number of hydrogen-bond acceptors (Lipinski definition) is 9. The van der Waals surface area contributed by atoms with Crippen molar-refractivity contribution in [3.05, 3.63) is 0 Å². The Labute approximate surface area is 429 Å². The summed E-state index contributed by atoms with van der Waals surface area (Å²) in [5.74, 6) is 2.06. The van der Waals surface area contributed by atoms with Gasteiger partial charge in [-0.1, -0.05) is 199 Å². The molecular weight excluding hydrogens is 1010 g/mol. The van der Waals surface area contributed by atoms with Crippen LogP contribution in [0.4, 0.5) is 0 Å². The first kappa shape index (κ1) is 72.2. The van der Waals surface area contributed by atoms with E-state index in [0.29, 0.717) is 75.1 Å². The van der Waals surface area contributed by atoms with Crippen molar-refractivity contribution < 1.29 is 96.4 Å². The normalized spacial score (nSPS) is 17.1. The summed E-state index contributed by atoms with van der Waals surface area (Å²) in [5, 5.41) is 0. The van der Waals surface area contributed by atoms with Gasteiger partial charge in [-0.05, 0) is 74.0 Å². The van der Waals surface area contributed by atoms with Crippen LogP contribution in [0.1, 0.15) is 237 Å². The molecular formula is C48H105NdO12P3. The van der Waals surface area contributed by atoms with Crippen LogP contribution in [0.2, 0.25) is 0 Å². The third kappa shape index (κ3) is 46.1. The van der Waals surface area contributed by atoms with E-state index in [4.69, 9.17) is 27.1 Å². The molecule has 0 aliphatic rings. The molecule has 0 amide bonds. The molecule has 0 radical (unpaired) electrons. The molecule has 0 spiro atoms. The standard InChI is InChI=1S/3C16H35O4P.Nd/c3*1-5-9-11-15(7-3)13-19-21(17,18)20-14-16(8-4)12-10-6-2;/h3*15-16H,5-14H2,1-4H3,(H,17,18);. The number of phosphoric ester groups is 3. The minimum Gasteiger partial charge on any atom is -0.302 e. The van der Waals surface area contributed by atoms with Crippen molar-refractivity contribution in [3.8, 4) is 0 Å². The van der Waals surface area contributed by atoms with E-state index in [9.17, 15) is 28.4 Å².